The molecule has 1 fully saturated rings. The van der Waals surface area contributed by atoms with Gasteiger partial charge in [0.25, 0.3) is 0 Å². The van der Waals surface area contributed by atoms with Gasteiger partial charge in [-0.3, -0.25) is 0 Å². The van der Waals surface area contributed by atoms with Crippen molar-refractivity contribution in [1.29, 1.82) is 0 Å². The maximum Gasteiger partial charge on any atom is 0.0587 e. The van der Waals surface area contributed by atoms with Crippen molar-refractivity contribution in [3.63, 3.8) is 0 Å². The Kier molecular flexibility index (Phi) is 5.87. The molecule has 0 radical (unpaired) electrons. The zero-order valence-electron chi connectivity index (χ0n) is 12.7. The van der Waals surface area contributed by atoms with Crippen molar-refractivity contribution >= 4 is 21.6 Å². The Morgan fingerprint density at radius 2 is 2.00 bits per heavy atom. The van der Waals surface area contributed by atoms with E-state index >= 15 is 0 Å². The lowest BCUT2D eigenvalue weighted by Gasteiger charge is -2.20. The van der Waals surface area contributed by atoms with Crippen molar-refractivity contribution in [2.45, 2.75) is 20.4 Å². The highest BCUT2D eigenvalue weighted by Gasteiger charge is 2.27. The first kappa shape index (κ1) is 15.8. The average Bonchev–Trinajstić information content (AvgIpc) is 2.75. The first-order valence-corrected chi connectivity index (χ1v) is 8.14. The summed E-state index contributed by atoms with van der Waals surface area (Å²) < 4.78 is 6.23. The van der Waals surface area contributed by atoms with Crippen molar-refractivity contribution in [2.75, 3.05) is 38.3 Å². The van der Waals surface area contributed by atoms with Crippen molar-refractivity contribution in [1.82, 2.24) is 5.32 Å². The van der Waals surface area contributed by atoms with Crippen LogP contribution in [0.25, 0.3) is 0 Å². The SMILES string of the molecule is COCCNCc1ccc(N2CC(C)C(C)C2)c(Br)c1. The summed E-state index contributed by atoms with van der Waals surface area (Å²) in [5, 5.41) is 3.37. The highest BCUT2D eigenvalue weighted by atomic mass is 79.9. The highest BCUT2D eigenvalue weighted by Crippen LogP contribution is 2.33. The van der Waals surface area contributed by atoms with Gasteiger partial charge in [-0.2, -0.15) is 0 Å². The van der Waals surface area contributed by atoms with E-state index in [-0.39, 0.29) is 0 Å². The molecule has 2 rings (SSSR count). The van der Waals surface area contributed by atoms with Crippen LogP contribution in [0.3, 0.4) is 0 Å². The Morgan fingerprint density at radius 1 is 1.30 bits per heavy atom. The van der Waals surface area contributed by atoms with E-state index in [1.54, 1.807) is 7.11 Å². The van der Waals surface area contributed by atoms with Gasteiger partial charge in [-0.25, -0.2) is 0 Å². The minimum atomic E-state index is 0.753. The first-order valence-electron chi connectivity index (χ1n) is 7.35. The number of nitrogens with one attached hydrogen (secondary N) is 1. The third kappa shape index (κ3) is 3.96. The summed E-state index contributed by atoms with van der Waals surface area (Å²) in [6, 6.07) is 6.68. The second-order valence-corrected chi connectivity index (χ2v) is 6.67. The second-order valence-electron chi connectivity index (χ2n) is 5.81. The van der Waals surface area contributed by atoms with E-state index in [4.69, 9.17) is 4.74 Å². The summed E-state index contributed by atoms with van der Waals surface area (Å²) in [5.41, 5.74) is 2.62. The fraction of sp³-hybridized carbons (Fsp3) is 0.625. The molecule has 0 aromatic heterocycles. The molecule has 0 saturated carbocycles. The third-order valence-corrected chi connectivity index (χ3v) is 4.79. The molecule has 1 saturated heterocycles. The number of hydrogen-bond acceptors (Lipinski definition) is 3. The number of halogens is 1. The third-order valence-electron chi connectivity index (χ3n) is 4.15. The van der Waals surface area contributed by atoms with Crippen molar-refractivity contribution in [3.05, 3.63) is 28.2 Å². The van der Waals surface area contributed by atoms with Gasteiger partial charge in [-0.05, 0) is 45.5 Å². The smallest absolute Gasteiger partial charge is 0.0587 e. The Bertz CT molecular complexity index is 428. The minimum Gasteiger partial charge on any atom is -0.383 e. The molecule has 20 heavy (non-hydrogen) atoms. The van der Waals surface area contributed by atoms with Gasteiger partial charge < -0.3 is 15.0 Å². The maximum absolute atomic E-state index is 5.03. The van der Waals surface area contributed by atoms with Gasteiger partial charge in [0, 0.05) is 37.8 Å². The molecule has 0 amide bonds. The lowest BCUT2D eigenvalue weighted by molar-refractivity contribution is 0.199. The molecule has 1 heterocycles. The zero-order valence-corrected chi connectivity index (χ0v) is 14.2. The molecule has 1 aromatic rings. The summed E-state index contributed by atoms with van der Waals surface area (Å²) in [7, 11) is 1.73. The van der Waals surface area contributed by atoms with Gasteiger partial charge in [0.1, 0.15) is 0 Å². The predicted molar refractivity (Wildman–Crippen MR) is 88.3 cm³/mol. The van der Waals surface area contributed by atoms with Crippen LogP contribution in [-0.2, 0) is 11.3 Å². The molecule has 0 spiro atoms. The highest BCUT2D eigenvalue weighted by molar-refractivity contribution is 9.10. The standard InChI is InChI=1S/C16H25BrN2O/c1-12-10-19(11-13(12)2)16-5-4-14(8-15(16)17)9-18-6-7-20-3/h4-5,8,12-13,18H,6-7,9-11H2,1-3H3. The molecule has 0 bridgehead atoms. The van der Waals surface area contributed by atoms with Crippen LogP contribution in [0.1, 0.15) is 19.4 Å². The monoisotopic (exact) mass is 340 g/mol. The molecular weight excluding hydrogens is 316 g/mol. The molecule has 1 aliphatic rings. The average molecular weight is 341 g/mol. The van der Waals surface area contributed by atoms with E-state index < -0.39 is 0 Å². The number of ether oxygens (including phenoxy) is 1. The van der Waals surface area contributed by atoms with E-state index in [1.807, 2.05) is 0 Å². The summed E-state index contributed by atoms with van der Waals surface area (Å²) in [6.45, 7) is 9.52. The Hall–Kier alpha value is -0.580. The Labute approximate surface area is 130 Å². The number of anilines is 1. The number of nitrogens with zero attached hydrogens (tertiary/aromatic N) is 1. The van der Waals surface area contributed by atoms with E-state index in [2.05, 4.69) is 58.2 Å². The van der Waals surface area contributed by atoms with E-state index in [9.17, 15) is 0 Å². The van der Waals surface area contributed by atoms with Crippen LogP contribution in [-0.4, -0.2) is 33.4 Å². The summed E-state index contributed by atoms with van der Waals surface area (Å²) in [4.78, 5) is 2.49. The van der Waals surface area contributed by atoms with Crippen LogP contribution in [0.5, 0.6) is 0 Å². The van der Waals surface area contributed by atoms with E-state index in [0.717, 1.165) is 44.6 Å². The fourth-order valence-electron chi connectivity index (χ4n) is 2.65. The van der Waals surface area contributed by atoms with Crippen molar-refractivity contribution < 1.29 is 4.74 Å². The maximum atomic E-state index is 5.03. The first-order chi connectivity index (χ1) is 9.61. The fourth-order valence-corrected chi connectivity index (χ4v) is 3.33. The van der Waals surface area contributed by atoms with Crippen LogP contribution < -0.4 is 10.2 Å². The number of rotatable bonds is 6. The van der Waals surface area contributed by atoms with Gasteiger partial charge >= 0.3 is 0 Å². The summed E-state index contributed by atoms with van der Waals surface area (Å²) in [6.07, 6.45) is 0. The van der Waals surface area contributed by atoms with E-state index in [0.29, 0.717) is 0 Å². The normalized spacial score (nSPS) is 22.5. The Morgan fingerprint density at radius 3 is 2.60 bits per heavy atom. The molecular formula is C16H25BrN2O. The quantitative estimate of drug-likeness (QED) is 0.804. The summed E-state index contributed by atoms with van der Waals surface area (Å²) >= 11 is 3.73. The number of hydrogen-bond donors (Lipinski definition) is 1. The van der Waals surface area contributed by atoms with Crippen molar-refractivity contribution in [2.24, 2.45) is 11.8 Å². The molecule has 1 aliphatic heterocycles. The molecule has 0 aliphatic carbocycles. The largest absolute Gasteiger partial charge is 0.383 e. The molecule has 2 atom stereocenters. The van der Waals surface area contributed by atoms with Crippen LogP contribution in [0, 0.1) is 11.8 Å². The van der Waals surface area contributed by atoms with Crippen LogP contribution in [0.2, 0.25) is 0 Å². The van der Waals surface area contributed by atoms with Gasteiger partial charge in [0.2, 0.25) is 0 Å². The summed E-state index contributed by atoms with van der Waals surface area (Å²) in [5.74, 6) is 1.55. The predicted octanol–water partition coefficient (Wildman–Crippen LogP) is 3.28. The van der Waals surface area contributed by atoms with Gasteiger partial charge in [-0.15, -0.1) is 0 Å². The lowest BCUT2D eigenvalue weighted by Crippen LogP contribution is -2.21. The molecule has 1 aromatic carbocycles. The van der Waals surface area contributed by atoms with Crippen LogP contribution in [0.4, 0.5) is 5.69 Å². The second kappa shape index (κ2) is 7.43. The molecule has 3 nitrogen and oxygen atoms in total. The topological polar surface area (TPSA) is 24.5 Å². The van der Waals surface area contributed by atoms with Crippen LogP contribution >= 0.6 is 15.9 Å². The number of methoxy groups -OCH3 is 1. The number of benzene rings is 1. The molecule has 112 valence electrons. The van der Waals surface area contributed by atoms with Gasteiger partial charge in [0.05, 0.1) is 12.3 Å². The lowest BCUT2D eigenvalue weighted by atomic mass is 10.0. The van der Waals surface area contributed by atoms with Gasteiger partial charge in [-0.1, -0.05) is 19.9 Å². The minimum absolute atomic E-state index is 0.753. The van der Waals surface area contributed by atoms with Crippen molar-refractivity contribution in [3.8, 4) is 0 Å². The van der Waals surface area contributed by atoms with Gasteiger partial charge in [0.15, 0.2) is 0 Å². The van der Waals surface area contributed by atoms with Crippen LogP contribution in [0.15, 0.2) is 22.7 Å². The van der Waals surface area contributed by atoms with E-state index in [1.165, 1.54) is 15.7 Å². The molecule has 4 heteroatoms. The zero-order chi connectivity index (χ0) is 14.5. The Balaban J connectivity index is 1.96. The molecule has 2 unspecified atom stereocenters. The molecule has 1 N–H and O–H groups in total.